The summed E-state index contributed by atoms with van der Waals surface area (Å²) in [5.74, 6) is 0.176. The highest BCUT2D eigenvalue weighted by molar-refractivity contribution is 9.10. The quantitative estimate of drug-likeness (QED) is 0.572. The van der Waals surface area contributed by atoms with Crippen molar-refractivity contribution in [2.24, 2.45) is 5.10 Å². The molecule has 0 bridgehead atoms. The molecule has 0 aromatic heterocycles. The summed E-state index contributed by atoms with van der Waals surface area (Å²) in [6, 6.07) is 12.9. The van der Waals surface area contributed by atoms with E-state index in [1.165, 1.54) is 30.5 Å². The summed E-state index contributed by atoms with van der Waals surface area (Å²) in [4.78, 5) is 11.6. The number of alkyl halides is 2. The second-order valence-electron chi connectivity index (χ2n) is 4.49. The molecule has 0 fully saturated rings. The molecule has 2 aromatic carbocycles. The number of halogens is 3. The Labute approximate surface area is 145 Å². The molecule has 2 rings (SSSR count). The number of rotatable bonds is 7. The summed E-state index contributed by atoms with van der Waals surface area (Å²) in [7, 11) is 0. The highest BCUT2D eigenvalue weighted by Gasteiger charge is 2.03. The zero-order valence-corrected chi connectivity index (χ0v) is 13.9. The lowest BCUT2D eigenvalue weighted by Gasteiger charge is -2.05. The number of hydrazone groups is 1. The Balaban J connectivity index is 1.77. The molecule has 0 aliphatic rings. The van der Waals surface area contributed by atoms with E-state index < -0.39 is 12.5 Å². The van der Waals surface area contributed by atoms with Gasteiger partial charge in [0.05, 0.1) is 6.21 Å². The van der Waals surface area contributed by atoms with Crippen molar-refractivity contribution in [1.82, 2.24) is 5.43 Å². The van der Waals surface area contributed by atoms with Gasteiger partial charge < -0.3 is 9.47 Å². The maximum Gasteiger partial charge on any atom is 0.387 e. The smallest absolute Gasteiger partial charge is 0.387 e. The Morgan fingerprint density at radius 3 is 2.62 bits per heavy atom. The number of hydrogen-bond donors (Lipinski definition) is 1. The Bertz CT molecular complexity index is 709. The predicted octanol–water partition coefficient (Wildman–Crippen LogP) is 3.58. The van der Waals surface area contributed by atoms with Crippen LogP contribution in [0, 0.1) is 0 Å². The van der Waals surface area contributed by atoms with E-state index in [1.807, 2.05) is 6.07 Å². The summed E-state index contributed by atoms with van der Waals surface area (Å²) in [6.45, 7) is -3.05. The van der Waals surface area contributed by atoms with Gasteiger partial charge in [-0.15, -0.1) is 0 Å². The highest BCUT2D eigenvalue weighted by atomic mass is 79.9. The van der Waals surface area contributed by atoms with Crippen LogP contribution in [-0.4, -0.2) is 25.3 Å². The predicted molar refractivity (Wildman–Crippen MR) is 88.4 cm³/mol. The van der Waals surface area contributed by atoms with Crippen molar-refractivity contribution in [3.63, 3.8) is 0 Å². The van der Waals surface area contributed by atoms with Crippen LogP contribution < -0.4 is 14.9 Å². The molecule has 5 nitrogen and oxygen atoms in total. The van der Waals surface area contributed by atoms with E-state index in [4.69, 9.17) is 4.74 Å². The second-order valence-corrected chi connectivity index (χ2v) is 5.40. The van der Waals surface area contributed by atoms with Gasteiger partial charge in [0.15, 0.2) is 6.61 Å². The van der Waals surface area contributed by atoms with Crippen LogP contribution in [0.15, 0.2) is 58.1 Å². The van der Waals surface area contributed by atoms with Gasteiger partial charge in [0.1, 0.15) is 11.5 Å². The maximum atomic E-state index is 12.0. The Kier molecular flexibility index (Phi) is 6.68. The average molecular weight is 399 g/mol. The van der Waals surface area contributed by atoms with Crippen LogP contribution in [0.25, 0.3) is 0 Å². The minimum absolute atomic E-state index is 0.0496. The number of ether oxygens (including phenoxy) is 2. The van der Waals surface area contributed by atoms with Crippen molar-refractivity contribution in [2.75, 3.05) is 6.61 Å². The number of nitrogens with one attached hydrogen (secondary N) is 1. The van der Waals surface area contributed by atoms with Gasteiger partial charge in [-0.1, -0.05) is 22.0 Å². The molecule has 0 aliphatic heterocycles. The molecule has 24 heavy (non-hydrogen) atoms. The Hall–Kier alpha value is -2.48. The summed E-state index contributed by atoms with van der Waals surface area (Å²) >= 11 is 3.30. The molecule has 0 radical (unpaired) electrons. The number of amides is 1. The molecule has 0 saturated carbocycles. The van der Waals surface area contributed by atoms with E-state index in [2.05, 4.69) is 31.2 Å². The molecule has 0 spiro atoms. The molecule has 0 atom stereocenters. The molecule has 0 saturated heterocycles. The maximum absolute atomic E-state index is 12.0. The Morgan fingerprint density at radius 1 is 1.21 bits per heavy atom. The van der Waals surface area contributed by atoms with Crippen LogP contribution in [-0.2, 0) is 4.79 Å². The van der Waals surface area contributed by atoms with Crippen molar-refractivity contribution in [3.05, 3.63) is 58.6 Å². The number of carbonyl (C=O) groups is 1. The van der Waals surface area contributed by atoms with Gasteiger partial charge in [0, 0.05) is 4.47 Å². The number of nitrogens with zero attached hydrogens (tertiary/aromatic N) is 1. The van der Waals surface area contributed by atoms with Crippen LogP contribution in [0.1, 0.15) is 5.56 Å². The average Bonchev–Trinajstić information content (AvgIpc) is 2.54. The normalized spacial score (nSPS) is 10.8. The molecule has 8 heteroatoms. The van der Waals surface area contributed by atoms with Crippen molar-refractivity contribution in [3.8, 4) is 11.5 Å². The van der Waals surface area contributed by atoms with Crippen LogP contribution in [0.4, 0.5) is 8.78 Å². The molecule has 1 N–H and O–H groups in total. The van der Waals surface area contributed by atoms with Gasteiger partial charge in [-0.3, -0.25) is 4.79 Å². The molecule has 0 aliphatic carbocycles. The minimum Gasteiger partial charge on any atom is -0.484 e. The van der Waals surface area contributed by atoms with Crippen LogP contribution in [0.3, 0.4) is 0 Å². The summed E-state index contributed by atoms with van der Waals surface area (Å²) in [6.07, 6.45) is 1.38. The first-order chi connectivity index (χ1) is 11.5. The molecular formula is C16H13BrF2N2O3. The first kappa shape index (κ1) is 17.9. The molecule has 0 unspecified atom stereocenters. The third-order valence-corrected chi connectivity index (χ3v) is 3.17. The minimum atomic E-state index is -2.87. The largest absolute Gasteiger partial charge is 0.484 e. The molecule has 0 heterocycles. The van der Waals surface area contributed by atoms with Crippen molar-refractivity contribution in [2.45, 2.75) is 6.61 Å². The van der Waals surface area contributed by atoms with E-state index in [0.29, 0.717) is 11.3 Å². The summed E-state index contributed by atoms with van der Waals surface area (Å²) < 4.78 is 34.4. The highest BCUT2D eigenvalue weighted by Crippen LogP contribution is 2.17. The lowest BCUT2D eigenvalue weighted by Crippen LogP contribution is -2.24. The van der Waals surface area contributed by atoms with Gasteiger partial charge in [-0.05, 0) is 48.0 Å². The van der Waals surface area contributed by atoms with E-state index >= 15 is 0 Å². The SMILES string of the molecule is O=C(COc1cccc(Br)c1)N/N=C\c1ccc(OC(F)F)cc1. The van der Waals surface area contributed by atoms with Gasteiger partial charge in [0.2, 0.25) is 0 Å². The standard InChI is InChI=1S/C16H13BrF2N2O3/c17-12-2-1-3-14(8-12)23-10-15(22)21-20-9-11-4-6-13(7-5-11)24-16(18)19/h1-9,16H,10H2,(H,21,22)/b20-9-. The van der Waals surface area contributed by atoms with Gasteiger partial charge in [-0.25, -0.2) is 5.43 Å². The van der Waals surface area contributed by atoms with Gasteiger partial charge in [-0.2, -0.15) is 13.9 Å². The Morgan fingerprint density at radius 2 is 1.96 bits per heavy atom. The molecule has 2 aromatic rings. The van der Waals surface area contributed by atoms with Crippen LogP contribution in [0.5, 0.6) is 11.5 Å². The topological polar surface area (TPSA) is 59.9 Å². The lowest BCUT2D eigenvalue weighted by molar-refractivity contribution is -0.123. The van der Waals surface area contributed by atoms with E-state index in [0.717, 1.165) is 4.47 Å². The monoisotopic (exact) mass is 398 g/mol. The van der Waals surface area contributed by atoms with Crippen molar-refractivity contribution < 1.29 is 23.0 Å². The fourth-order valence-corrected chi connectivity index (χ4v) is 2.03. The zero-order valence-electron chi connectivity index (χ0n) is 12.3. The first-order valence-corrected chi connectivity index (χ1v) is 7.57. The third kappa shape index (κ3) is 6.33. The fraction of sp³-hybridized carbons (Fsp3) is 0.125. The second kappa shape index (κ2) is 8.97. The van der Waals surface area contributed by atoms with E-state index in [-0.39, 0.29) is 12.4 Å². The molecular weight excluding hydrogens is 386 g/mol. The lowest BCUT2D eigenvalue weighted by atomic mass is 10.2. The summed E-state index contributed by atoms with van der Waals surface area (Å²) in [5, 5.41) is 3.76. The summed E-state index contributed by atoms with van der Waals surface area (Å²) in [5.41, 5.74) is 2.92. The molecule has 126 valence electrons. The number of hydrogen-bond acceptors (Lipinski definition) is 4. The third-order valence-electron chi connectivity index (χ3n) is 2.67. The van der Waals surface area contributed by atoms with Crippen molar-refractivity contribution in [1.29, 1.82) is 0 Å². The van der Waals surface area contributed by atoms with Crippen LogP contribution in [0.2, 0.25) is 0 Å². The van der Waals surface area contributed by atoms with Crippen molar-refractivity contribution >= 4 is 28.1 Å². The van der Waals surface area contributed by atoms with Crippen LogP contribution >= 0.6 is 15.9 Å². The number of benzene rings is 2. The fourth-order valence-electron chi connectivity index (χ4n) is 1.65. The first-order valence-electron chi connectivity index (χ1n) is 6.78. The van der Waals surface area contributed by atoms with E-state index in [9.17, 15) is 13.6 Å². The van der Waals surface area contributed by atoms with E-state index in [1.54, 1.807) is 18.2 Å². The molecule has 1 amide bonds. The number of carbonyl (C=O) groups excluding carboxylic acids is 1. The zero-order chi connectivity index (χ0) is 17.4. The van der Waals surface area contributed by atoms with Gasteiger partial charge >= 0.3 is 6.61 Å². The van der Waals surface area contributed by atoms with Gasteiger partial charge in [0.25, 0.3) is 5.91 Å².